The molecule has 0 aromatic carbocycles. The van der Waals surface area contributed by atoms with E-state index < -0.39 is 0 Å². The first-order valence-electron chi connectivity index (χ1n) is 7.82. The Hall–Kier alpha value is -3.10. The van der Waals surface area contributed by atoms with Crippen LogP contribution in [-0.4, -0.2) is 49.2 Å². The summed E-state index contributed by atoms with van der Waals surface area (Å²) in [6.07, 6.45) is 3.44. The van der Waals surface area contributed by atoms with Gasteiger partial charge in [-0.1, -0.05) is 6.07 Å². The van der Waals surface area contributed by atoms with Gasteiger partial charge in [0.1, 0.15) is 5.82 Å². The number of nitrogens with zero attached hydrogens (tertiary/aromatic N) is 7. The summed E-state index contributed by atoms with van der Waals surface area (Å²) in [5.41, 5.74) is 0.597. The molecular formula is C15H16N8O. The van der Waals surface area contributed by atoms with Crippen LogP contribution in [0.2, 0.25) is 0 Å². The Kier molecular flexibility index (Phi) is 3.73. The number of hydrogen-bond acceptors (Lipinski definition) is 7. The molecule has 4 heterocycles. The average Bonchev–Trinajstić information content (AvgIpc) is 3.10. The highest BCUT2D eigenvalue weighted by Crippen LogP contribution is 2.22. The molecule has 1 amide bonds. The maximum atomic E-state index is 12.5. The lowest BCUT2D eigenvalue weighted by Crippen LogP contribution is -2.41. The van der Waals surface area contributed by atoms with Gasteiger partial charge in [0.05, 0.1) is 5.92 Å². The third-order valence-corrected chi connectivity index (χ3v) is 4.09. The molecule has 1 N–H and O–H groups in total. The lowest BCUT2D eigenvalue weighted by Gasteiger charge is -2.32. The van der Waals surface area contributed by atoms with E-state index in [0.717, 1.165) is 25.2 Å². The quantitative estimate of drug-likeness (QED) is 0.759. The van der Waals surface area contributed by atoms with Crippen LogP contribution in [0.4, 0.5) is 11.6 Å². The number of carbonyl (C=O) groups is 1. The van der Waals surface area contributed by atoms with E-state index in [-0.39, 0.29) is 11.8 Å². The van der Waals surface area contributed by atoms with Crippen LogP contribution in [0, 0.1) is 5.92 Å². The molecule has 4 rings (SSSR count). The standard InChI is InChI=1S/C15H16N8O/c24-15(17-12-5-1-2-8-16-12)11-4-3-9-22(10-11)14-7-6-13-18-20-21-23(13)19-14/h1-2,5-8,11H,3-4,9-10H2,(H,16,17,24)/t11-/m0/s1. The van der Waals surface area contributed by atoms with Gasteiger partial charge in [-0.15, -0.1) is 14.8 Å². The molecule has 0 saturated carbocycles. The normalized spacial score (nSPS) is 17.8. The number of amides is 1. The number of aromatic nitrogens is 6. The van der Waals surface area contributed by atoms with Crippen LogP contribution >= 0.6 is 0 Å². The predicted molar refractivity (Wildman–Crippen MR) is 86.4 cm³/mol. The van der Waals surface area contributed by atoms with Gasteiger partial charge < -0.3 is 10.2 Å². The number of hydrogen-bond donors (Lipinski definition) is 1. The molecule has 24 heavy (non-hydrogen) atoms. The van der Waals surface area contributed by atoms with Gasteiger partial charge in [-0.3, -0.25) is 4.79 Å². The van der Waals surface area contributed by atoms with Crippen LogP contribution < -0.4 is 10.2 Å². The highest BCUT2D eigenvalue weighted by Gasteiger charge is 2.27. The first-order chi connectivity index (χ1) is 11.8. The summed E-state index contributed by atoms with van der Waals surface area (Å²) < 4.78 is 1.40. The topological polar surface area (TPSA) is 101 Å². The number of pyridine rings is 1. The Labute approximate surface area is 137 Å². The molecule has 1 aliphatic rings. The van der Waals surface area contributed by atoms with Gasteiger partial charge in [0, 0.05) is 19.3 Å². The molecule has 1 fully saturated rings. The number of tetrazole rings is 1. The Morgan fingerprint density at radius 3 is 3.08 bits per heavy atom. The summed E-state index contributed by atoms with van der Waals surface area (Å²) >= 11 is 0. The van der Waals surface area contributed by atoms with Gasteiger partial charge in [-0.25, -0.2) is 4.98 Å². The largest absolute Gasteiger partial charge is 0.354 e. The molecule has 9 nitrogen and oxygen atoms in total. The minimum Gasteiger partial charge on any atom is -0.354 e. The van der Waals surface area contributed by atoms with E-state index in [0.29, 0.717) is 18.0 Å². The molecule has 9 heteroatoms. The van der Waals surface area contributed by atoms with Crippen molar-refractivity contribution >= 4 is 23.2 Å². The minimum absolute atomic E-state index is 0.0121. The van der Waals surface area contributed by atoms with Crippen molar-refractivity contribution < 1.29 is 4.79 Å². The number of anilines is 2. The molecule has 3 aromatic rings. The molecule has 1 saturated heterocycles. The number of nitrogens with one attached hydrogen (secondary N) is 1. The van der Waals surface area contributed by atoms with Crippen molar-refractivity contribution in [3.8, 4) is 0 Å². The predicted octanol–water partition coefficient (Wildman–Crippen LogP) is 0.769. The van der Waals surface area contributed by atoms with Gasteiger partial charge >= 0.3 is 0 Å². The van der Waals surface area contributed by atoms with Gasteiger partial charge in [-0.2, -0.15) is 0 Å². The van der Waals surface area contributed by atoms with Crippen molar-refractivity contribution in [3.63, 3.8) is 0 Å². The van der Waals surface area contributed by atoms with Crippen molar-refractivity contribution in [3.05, 3.63) is 36.5 Å². The number of piperidine rings is 1. The van der Waals surface area contributed by atoms with Crippen molar-refractivity contribution in [1.29, 1.82) is 0 Å². The Morgan fingerprint density at radius 2 is 2.21 bits per heavy atom. The van der Waals surface area contributed by atoms with Crippen LogP contribution in [0.25, 0.3) is 5.65 Å². The molecule has 0 unspecified atom stereocenters. The van der Waals surface area contributed by atoms with Crippen molar-refractivity contribution in [2.24, 2.45) is 5.92 Å². The van der Waals surface area contributed by atoms with E-state index in [2.05, 4.69) is 35.8 Å². The number of fused-ring (bicyclic) bond motifs is 1. The van der Waals surface area contributed by atoms with E-state index in [1.165, 1.54) is 4.63 Å². The van der Waals surface area contributed by atoms with E-state index in [9.17, 15) is 4.79 Å². The summed E-state index contributed by atoms with van der Waals surface area (Å²) in [4.78, 5) is 18.7. The fraction of sp³-hybridized carbons (Fsp3) is 0.333. The zero-order valence-corrected chi connectivity index (χ0v) is 12.9. The maximum Gasteiger partial charge on any atom is 0.230 e. The molecule has 1 aliphatic heterocycles. The summed E-state index contributed by atoms with van der Waals surface area (Å²) in [7, 11) is 0. The maximum absolute atomic E-state index is 12.5. The van der Waals surface area contributed by atoms with Crippen molar-refractivity contribution in [1.82, 2.24) is 30.2 Å². The summed E-state index contributed by atoms with van der Waals surface area (Å²) in [6.45, 7) is 1.47. The van der Waals surface area contributed by atoms with Crippen LogP contribution in [0.5, 0.6) is 0 Å². The van der Waals surface area contributed by atoms with Crippen molar-refractivity contribution in [2.75, 3.05) is 23.3 Å². The lowest BCUT2D eigenvalue weighted by atomic mass is 9.97. The summed E-state index contributed by atoms with van der Waals surface area (Å²) in [5, 5.41) is 18.5. The zero-order valence-electron chi connectivity index (χ0n) is 12.9. The lowest BCUT2D eigenvalue weighted by molar-refractivity contribution is -0.120. The number of carbonyl (C=O) groups excluding carboxylic acids is 1. The zero-order chi connectivity index (χ0) is 16.4. The van der Waals surface area contributed by atoms with Gasteiger partial charge in [0.15, 0.2) is 11.5 Å². The molecule has 0 bridgehead atoms. The molecule has 0 radical (unpaired) electrons. The minimum atomic E-state index is -0.105. The second-order valence-electron chi connectivity index (χ2n) is 5.71. The number of rotatable bonds is 3. The third kappa shape index (κ3) is 2.87. The smallest absolute Gasteiger partial charge is 0.230 e. The second-order valence-corrected chi connectivity index (χ2v) is 5.71. The van der Waals surface area contributed by atoms with E-state index in [1.54, 1.807) is 12.3 Å². The van der Waals surface area contributed by atoms with E-state index in [4.69, 9.17) is 0 Å². The highest BCUT2D eigenvalue weighted by molar-refractivity contribution is 5.92. The molecule has 1 atom stereocenters. The second kappa shape index (κ2) is 6.19. The average molecular weight is 324 g/mol. The molecular weight excluding hydrogens is 308 g/mol. The molecule has 3 aromatic heterocycles. The summed E-state index contributed by atoms with van der Waals surface area (Å²) in [6, 6.07) is 9.15. The Morgan fingerprint density at radius 1 is 1.25 bits per heavy atom. The van der Waals surface area contributed by atoms with Gasteiger partial charge in [-0.05, 0) is 47.5 Å². The van der Waals surface area contributed by atoms with Crippen LogP contribution in [0.15, 0.2) is 36.5 Å². The van der Waals surface area contributed by atoms with E-state index >= 15 is 0 Å². The molecule has 122 valence electrons. The Balaban J connectivity index is 1.47. The molecule has 0 spiro atoms. The van der Waals surface area contributed by atoms with Gasteiger partial charge in [0.25, 0.3) is 0 Å². The monoisotopic (exact) mass is 324 g/mol. The van der Waals surface area contributed by atoms with Crippen LogP contribution in [0.1, 0.15) is 12.8 Å². The molecule has 0 aliphatic carbocycles. The fourth-order valence-corrected chi connectivity index (χ4v) is 2.87. The Bertz CT molecular complexity index is 849. The van der Waals surface area contributed by atoms with Crippen LogP contribution in [0.3, 0.4) is 0 Å². The SMILES string of the molecule is O=C(Nc1ccccn1)[C@H]1CCCN(c2ccc3nnnn3n2)C1. The fourth-order valence-electron chi connectivity index (χ4n) is 2.87. The highest BCUT2D eigenvalue weighted by atomic mass is 16.2. The van der Waals surface area contributed by atoms with Crippen LogP contribution in [-0.2, 0) is 4.79 Å². The summed E-state index contributed by atoms with van der Waals surface area (Å²) in [5.74, 6) is 1.23. The first kappa shape index (κ1) is 14.5. The third-order valence-electron chi connectivity index (χ3n) is 4.09. The van der Waals surface area contributed by atoms with E-state index in [1.807, 2.05) is 24.3 Å². The van der Waals surface area contributed by atoms with Gasteiger partial charge in [0.2, 0.25) is 5.91 Å². The van der Waals surface area contributed by atoms with Crippen molar-refractivity contribution in [2.45, 2.75) is 12.8 Å². The first-order valence-corrected chi connectivity index (χ1v) is 7.82.